The van der Waals surface area contributed by atoms with Crippen molar-refractivity contribution in [2.75, 3.05) is 45.8 Å². The number of unbranched alkanes of at least 4 members (excludes halogenated alkanes) is 6. The first-order chi connectivity index (χ1) is 67.9. The SMILES string of the molecule is CCCCCC1(C)C2=C3C(c4ccccc4)=CC(=O)OC3CCN2c2cc[c-]cc21.CCCCCC1(C)C2=C3C=C(C(F)(F)F)C(=O)OC3CCN2c2cc[c-]cc21.CCCCCC1(C)C2=C3C=C(I)C(=O)OC3CCN2c2ccc3cc(I)ccc3c21.O=C=O.O=C=O.O=C=O.O=S(=O)=O.O=S(=O)=O.O=S(=O)=O.O=S(=O)=O.[CH2-]CCC1(C)C2=C3C=C(C(=O)CCCC(=O)O)C(=O)OC3CCN2c2cc[c-]cc21.[Na+].[Na+].[Na+].[Na+]. The molecule has 0 aliphatic carbocycles. The predicted molar refractivity (Wildman–Crippen MR) is 523 cm³/mol. The summed E-state index contributed by atoms with van der Waals surface area (Å²) in [6.45, 7) is 22.9. The molecule has 0 spiro atoms. The maximum Gasteiger partial charge on any atom is 1.00 e. The molecular formula is C101H101F3I2N4Na4O29S4. The van der Waals surface area contributed by atoms with Crippen molar-refractivity contribution >= 4 is 181 Å². The number of carbonyl (C=O) groups is 6. The topological polar surface area (TPSA) is 480 Å². The van der Waals surface area contributed by atoms with Crippen molar-refractivity contribution < 1.29 is 263 Å². The van der Waals surface area contributed by atoms with Crippen LogP contribution >= 0.6 is 45.2 Å². The summed E-state index contributed by atoms with van der Waals surface area (Å²) in [5, 5.41) is 11.5. The van der Waals surface area contributed by atoms with E-state index in [1.165, 1.54) is 103 Å². The van der Waals surface area contributed by atoms with Gasteiger partial charge in [-0.3, -0.25) is 9.59 Å². The van der Waals surface area contributed by atoms with Gasteiger partial charge in [-0.2, -0.15) is 103 Å². The number of carbonyl (C=O) groups excluding carboxylic acids is 11. The number of carboxylic acids is 1. The molecule has 33 nitrogen and oxygen atoms in total. The largest absolute Gasteiger partial charge is 1.00 e. The molecule has 46 heteroatoms. The van der Waals surface area contributed by atoms with Crippen molar-refractivity contribution in [1.29, 1.82) is 0 Å². The van der Waals surface area contributed by atoms with Crippen molar-refractivity contribution in [3.8, 4) is 0 Å². The maximum atomic E-state index is 13.4. The number of ketones is 1. The fourth-order valence-corrected chi connectivity index (χ4v) is 21.7. The summed E-state index contributed by atoms with van der Waals surface area (Å²) >= 11 is 4.52. The number of aliphatic carboxylic acids is 1. The summed E-state index contributed by atoms with van der Waals surface area (Å²) in [7, 11) is -12.4. The Bertz CT molecular complexity index is 6590. The van der Waals surface area contributed by atoms with Crippen molar-refractivity contribution in [1.82, 2.24) is 0 Å². The average molecular weight is 2370 g/mol. The van der Waals surface area contributed by atoms with Gasteiger partial charge in [0.05, 0.1) is 3.58 Å². The van der Waals surface area contributed by atoms with Crippen LogP contribution in [0.2, 0.25) is 0 Å². The van der Waals surface area contributed by atoms with E-state index in [0.29, 0.717) is 28.5 Å². The van der Waals surface area contributed by atoms with Gasteiger partial charge >= 0.3 is 215 Å². The molecule has 0 aromatic heterocycles. The standard InChI is InChI=1S/C27H28NO2.C25H25I2NO2.C24H25NO5.C22H23F3NO2.3CO2.4Na.4O3S/c1-3-4-10-16-27(2)21-13-8-9-14-22(21)28-17-15-23-25(26(27)28)20(18-24(29)30-23)19-11-6-5-7-12-19;1-3-4-5-11-25(2)22-17-8-7-16(26)13-15(17)6-9-20(22)28-12-10-21-18(23(25)28)14-19(27)24(29)30-21;1-3-12-24(2)17-7-4-5-8-18(17)25-13-11-20-16(22(24)25)14-15(23(29)30-20)19(26)9-6-10-21(27)28;1-3-4-7-11-21(2)15-8-5-6-9-17(15)26-12-10-18-14(19(21)26)13-16(20(27)28-18)22(23,24)25;3*2-1-3;;;;;4*1-4(2)3/h5-7,9,11-14,18,23H,3-4,10,15-17H2,1-2H3;6-9,13-14,21H,3-5,10-12H2,1-2H3;5,7-8,14,20H,1,3,6,9-13H2,2H3,(H,27,28);6,8-9,13,18H,3-4,7,10-12H2,1-2H3;;;;;;;;;;;/q-1;;-2;-1;;;;4*+1;;;;. The minimum Gasteiger partial charge on any atom is -0.481 e. The van der Waals surface area contributed by atoms with Gasteiger partial charge in [-0.25, -0.2) is 19.2 Å². The van der Waals surface area contributed by atoms with Crippen LogP contribution in [0.3, 0.4) is 0 Å². The molecule has 18 rings (SSSR count). The van der Waals surface area contributed by atoms with E-state index in [1.54, 1.807) is 12.2 Å². The number of hydrogen-bond acceptors (Lipinski definition) is 32. The molecule has 12 aliphatic rings. The normalized spacial score (nSPS) is 21.0. The van der Waals surface area contributed by atoms with Gasteiger partial charge in [0.2, 0.25) is 0 Å². The van der Waals surface area contributed by atoms with Gasteiger partial charge < -0.3 is 50.6 Å². The Labute approximate surface area is 970 Å². The molecule has 8 atom stereocenters. The molecule has 12 aliphatic heterocycles. The fraction of sp³-hybridized carbons (Fsp3) is 0.406. The number of fused-ring (bicyclic) bond motifs is 18. The Morgan fingerprint density at radius 1 is 0.469 bits per heavy atom. The van der Waals surface area contributed by atoms with Gasteiger partial charge in [-0.1, -0.05) is 165 Å². The van der Waals surface area contributed by atoms with Crippen LogP contribution in [0.5, 0.6) is 0 Å². The third-order valence-corrected chi connectivity index (χ3v) is 27.6. The number of anilines is 4. The van der Waals surface area contributed by atoms with E-state index < -0.39 is 83.6 Å². The van der Waals surface area contributed by atoms with Gasteiger partial charge in [-0.05, 0) is 158 Å². The fourth-order valence-electron chi connectivity index (χ4n) is 20.7. The quantitative estimate of drug-likeness (QED) is 0.0216. The van der Waals surface area contributed by atoms with Crippen LogP contribution in [-0.4, -0.2) is 166 Å². The first-order valence-electron chi connectivity index (χ1n) is 45.3. The third-order valence-electron chi connectivity index (χ3n) is 26.1. The molecule has 762 valence electrons. The van der Waals surface area contributed by atoms with Crippen LogP contribution in [-0.2, 0) is 141 Å². The minimum absolute atomic E-state index is 0. The summed E-state index contributed by atoms with van der Waals surface area (Å²) in [4.78, 5) is 131. The Balaban J connectivity index is 0.000000375. The number of alkyl halides is 3. The van der Waals surface area contributed by atoms with E-state index in [1.807, 2.05) is 54.6 Å². The molecule has 0 saturated heterocycles. The second-order valence-electron chi connectivity index (χ2n) is 34.8. The zero-order valence-electron chi connectivity index (χ0n) is 82.7. The van der Waals surface area contributed by atoms with E-state index in [4.69, 9.17) is 103 Å². The molecular weight excluding hydrogens is 2260 g/mol. The van der Waals surface area contributed by atoms with Crippen molar-refractivity contribution in [3.05, 3.63) is 256 Å². The summed E-state index contributed by atoms with van der Waals surface area (Å²) in [6.07, 6.45) is 19.1. The molecule has 147 heavy (non-hydrogen) atoms. The third kappa shape index (κ3) is 32.1. The first kappa shape index (κ1) is 131. The van der Waals surface area contributed by atoms with Crippen molar-refractivity contribution in [3.63, 3.8) is 0 Å². The number of rotatable bonds is 20. The van der Waals surface area contributed by atoms with Gasteiger partial charge in [0.25, 0.3) is 0 Å². The number of allylic oxidation sites excluding steroid dienone is 4. The minimum atomic E-state index is -4.73. The predicted octanol–water partition coefficient (Wildman–Crippen LogP) is 3.79. The Hall–Kier alpha value is -8.41. The van der Waals surface area contributed by atoms with Crippen LogP contribution < -0.4 is 138 Å². The summed E-state index contributed by atoms with van der Waals surface area (Å²) in [5.41, 5.74) is 18.2. The molecule has 0 fully saturated rings. The summed E-state index contributed by atoms with van der Waals surface area (Å²) in [5.74, 6) is -3.62. The number of nitrogens with zero attached hydrogens (tertiary/aromatic N) is 4. The zero-order chi connectivity index (χ0) is 106. The van der Waals surface area contributed by atoms with E-state index in [2.05, 4.69) is 205 Å². The molecule has 6 aromatic rings. The van der Waals surface area contributed by atoms with Crippen molar-refractivity contribution in [2.45, 2.75) is 236 Å². The number of Topliss-reactive ketones (excluding diaryl/α,β-unsaturated/α-hetero) is 1. The van der Waals surface area contributed by atoms with E-state index in [9.17, 15) is 41.9 Å². The molecule has 12 heterocycles. The van der Waals surface area contributed by atoms with Gasteiger partial charge in [-0.15, -0.1) is 85.4 Å². The number of halogens is 5. The molecule has 0 amide bonds. The van der Waals surface area contributed by atoms with Gasteiger partial charge in [0.1, 0.15) is 35.6 Å². The maximum absolute atomic E-state index is 13.4. The average Bonchev–Trinajstić information content (AvgIpc) is 1.55. The van der Waals surface area contributed by atoms with Crippen LogP contribution in [0.15, 0.2) is 199 Å². The van der Waals surface area contributed by atoms with Crippen molar-refractivity contribution in [2.24, 2.45) is 0 Å². The summed E-state index contributed by atoms with van der Waals surface area (Å²) in [6, 6.07) is 49.4. The van der Waals surface area contributed by atoms with Crippen LogP contribution in [0, 0.1) is 28.7 Å². The van der Waals surface area contributed by atoms with E-state index in [0.717, 1.165) is 135 Å². The summed E-state index contributed by atoms with van der Waals surface area (Å²) < 4.78 is 166. The number of hydrogen-bond donors (Lipinski definition) is 1. The molecule has 0 bridgehead atoms. The van der Waals surface area contributed by atoms with E-state index in [-0.39, 0.29) is 214 Å². The number of carboxylic acid groups (broad SMARTS) is 1. The Morgan fingerprint density at radius 3 is 1.29 bits per heavy atom. The van der Waals surface area contributed by atoms with E-state index >= 15 is 0 Å². The second kappa shape index (κ2) is 60.7. The van der Waals surface area contributed by atoms with Crippen LogP contribution in [0.1, 0.15) is 211 Å². The van der Waals surface area contributed by atoms with Crippen LogP contribution in [0.4, 0.5) is 35.9 Å². The molecule has 1 N–H and O–H groups in total. The smallest absolute Gasteiger partial charge is 0.481 e. The zero-order valence-corrected chi connectivity index (χ0v) is 98.2. The number of benzene rings is 6. The second-order valence-corrected chi connectivity index (χ2v) is 38.8. The molecule has 6 aromatic carbocycles. The van der Waals surface area contributed by atoms with Gasteiger partial charge in [0, 0.05) is 131 Å². The van der Waals surface area contributed by atoms with Crippen LogP contribution in [0.25, 0.3) is 16.3 Å². The first-order valence-corrected chi connectivity index (χ1v) is 51.5. The monoisotopic (exact) mass is 2360 g/mol. The number of ether oxygens (including phenoxy) is 4. The number of esters is 4. The molecule has 8 unspecified atom stereocenters. The Morgan fingerprint density at radius 2 is 0.857 bits per heavy atom. The molecule has 0 radical (unpaired) electrons. The Kier molecular flexibility index (Phi) is 54.1. The van der Waals surface area contributed by atoms with Gasteiger partial charge in [0.15, 0.2) is 5.78 Å². The molecule has 0 saturated carbocycles.